The van der Waals surface area contributed by atoms with Crippen molar-refractivity contribution >= 4 is 0 Å². The first-order valence-corrected chi connectivity index (χ1v) is 6.84. The smallest absolute Gasteiger partial charge is 0.108 e. The number of aromatic nitrogens is 2. The molecule has 1 aromatic heterocycles. The fourth-order valence-corrected chi connectivity index (χ4v) is 3.15. The van der Waals surface area contributed by atoms with Crippen LogP contribution in [0, 0.1) is 11.8 Å². The summed E-state index contributed by atoms with van der Waals surface area (Å²) in [5, 5.41) is 3.51. The lowest BCUT2D eigenvalue weighted by Crippen LogP contribution is -2.33. The van der Waals surface area contributed by atoms with E-state index in [-0.39, 0.29) is 0 Å². The molecule has 0 radical (unpaired) electrons. The van der Waals surface area contributed by atoms with Gasteiger partial charge in [0, 0.05) is 31.9 Å². The maximum atomic E-state index is 4.40. The molecule has 0 bridgehead atoms. The Hall–Kier alpha value is -0.830. The highest BCUT2D eigenvalue weighted by molar-refractivity contribution is 4.93. The van der Waals surface area contributed by atoms with E-state index in [0.717, 1.165) is 18.3 Å². The lowest BCUT2D eigenvalue weighted by atomic mass is 9.93. The largest absolute Gasteiger partial charge is 0.338 e. The number of imidazole rings is 1. The highest BCUT2D eigenvalue weighted by Gasteiger charge is 2.27. The number of nitrogens with zero attached hydrogens (tertiary/aromatic N) is 2. The van der Waals surface area contributed by atoms with Crippen molar-refractivity contribution < 1.29 is 0 Å². The van der Waals surface area contributed by atoms with Crippen LogP contribution in [0.5, 0.6) is 0 Å². The van der Waals surface area contributed by atoms with Gasteiger partial charge in [-0.15, -0.1) is 0 Å². The zero-order valence-electron chi connectivity index (χ0n) is 11.3. The van der Waals surface area contributed by atoms with Crippen LogP contribution in [0.4, 0.5) is 0 Å². The molecule has 1 N–H and O–H groups in total. The molecule has 0 aromatic carbocycles. The lowest BCUT2D eigenvalue weighted by molar-refractivity contribution is 0.349. The maximum absolute atomic E-state index is 4.40. The summed E-state index contributed by atoms with van der Waals surface area (Å²) in [6.07, 6.45) is 10.4. The van der Waals surface area contributed by atoms with Crippen molar-refractivity contribution in [2.45, 2.75) is 45.1 Å². The first-order valence-electron chi connectivity index (χ1n) is 6.84. The number of rotatable bonds is 5. The molecule has 3 atom stereocenters. The third-order valence-electron chi connectivity index (χ3n) is 4.28. The Kier molecular flexibility index (Phi) is 4.21. The predicted octanol–water partition coefficient (Wildman–Crippen LogP) is 2.38. The SMILES string of the molecule is CNC(CCc1nccn1C)C1CCC(C)C1. The Balaban J connectivity index is 1.86. The van der Waals surface area contributed by atoms with E-state index in [2.05, 4.69) is 35.9 Å². The van der Waals surface area contributed by atoms with Crippen molar-refractivity contribution in [1.29, 1.82) is 0 Å². The summed E-state index contributed by atoms with van der Waals surface area (Å²) in [6, 6.07) is 0.664. The van der Waals surface area contributed by atoms with Gasteiger partial charge in [0.05, 0.1) is 0 Å². The van der Waals surface area contributed by atoms with Crippen LogP contribution in [0.25, 0.3) is 0 Å². The van der Waals surface area contributed by atoms with E-state index in [1.54, 1.807) is 0 Å². The molecule has 1 aliphatic rings. The summed E-state index contributed by atoms with van der Waals surface area (Å²) >= 11 is 0. The summed E-state index contributed by atoms with van der Waals surface area (Å²) < 4.78 is 2.13. The number of aryl methyl sites for hydroxylation is 2. The van der Waals surface area contributed by atoms with E-state index in [4.69, 9.17) is 0 Å². The van der Waals surface area contributed by atoms with Crippen LogP contribution in [0.1, 0.15) is 38.4 Å². The van der Waals surface area contributed by atoms with E-state index >= 15 is 0 Å². The highest BCUT2D eigenvalue weighted by Crippen LogP contribution is 2.33. The molecule has 0 amide bonds. The molecule has 1 fully saturated rings. The van der Waals surface area contributed by atoms with Crippen molar-refractivity contribution in [2.75, 3.05) is 7.05 Å². The van der Waals surface area contributed by atoms with Crippen molar-refractivity contribution in [3.05, 3.63) is 18.2 Å². The van der Waals surface area contributed by atoms with Gasteiger partial charge < -0.3 is 9.88 Å². The van der Waals surface area contributed by atoms with Gasteiger partial charge in [-0.05, 0) is 38.1 Å². The minimum Gasteiger partial charge on any atom is -0.338 e. The quantitative estimate of drug-likeness (QED) is 0.849. The molecule has 3 unspecified atom stereocenters. The van der Waals surface area contributed by atoms with Crippen LogP contribution in [-0.2, 0) is 13.5 Å². The number of hydrogen-bond donors (Lipinski definition) is 1. The molecule has 0 spiro atoms. The zero-order valence-corrected chi connectivity index (χ0v) is 11.3. The summed E-state index contributed by atoms with van der Waals surface area (Å²) in [4.78, 5) is 4.40. The van der Waals surface area contributed by atoms with Gasteiger partial charge in [0.25, 0.3) is 0 Å². The summed E-state index contributed by atoms with van der Waals surface area (Å²) in [7, 11) is 4.18. The van der Waals surface area contributed by atoms with E-state index in [1.165, 1.54) is 31.5 Å². The Morgan fingerprint density at radius 3 is 2.88 bits per heavy atom. The Morgan fingerprint density at radius 2 is 2.35 bits per heavy atom. The average Bonchev–Trinajstić information content (AvgIpc) is 2.90. The highest BCUT2D eigenvalue weighted by atomic mass is 15.0. The van der Waals surface area contributed by atoms with Crippen LogP contribution in [0.15, 0.2) is 12.4 Å². The third kappa shape index (κ3) is 3.09. The molecular weight excluding hydrogens is 210 g/mol. The van der Waals surface area contributed by atoms with Gasteiger partial charge in [-0.2, -0.15) is 0 Å². The molecule has 17 heavy (non-hydrogen) atoms. The fourth-order valence-electron chi connectivity index (χ4n) is 3.15. The molecule has 1 aromatic rings. The van der Waals surface area contributed by atoms with E-state index in [0.29, 0.717) is 6.04 Å². The van der Waals surface area contributed by atoms with Crippen molar-refractivity contribution in [3.8, 4) is 0 Å². The molecular formula is C14H25N3. The molecule has 3 nitrogen and oxygen atoms in total. The Morgan fingerprint density at radius 1 is 1.53 bits per heavy atom. The van der Waals surface area contributed by atoms with Gasteiger partial charge in [-0.3, -0.25) is 0 Å². The summed E-state index contributed by atoms with van der Waals surface area (Å²) in [5.41, 5.74) is 0. The van der Waals surface area contributed by atoms with E-state index in [1.807, 2.05) is 12.4 Å². The minimum absolute atomic E-state index is 0.664. The second-order valence-electron chi connectivity index (χ2n) is 5.57. The molecule has 0 aliphatic heterocycles. The standard InChI is InChI=1S/C14H25N3/c1-11-4-5-12(10-11)13(15-2)6-7-14-16-8-9-17(14)3/h8-9,11-13,15H,4-7,10H2,1-3H3. The predicted molar refractivity (Wildman–Crippen MR) is 70.9 cm³/mol. The normalized spacial score (nSPS) is 26.3. The van der Waals surface area contributed by atoms with Crippen LogP contribution in [-0.4, -0.2) is 22.6 Å². The van der Waals surface area contributed by atoms with Crippen LogP contribution < -0.4 is 5.32 Å². The molecule has 1 aliphatic carbocycles. The Bertz CT molecular complexity index is 345. The first kappa shape index (κ1) is 12.6. The average molecular weight is 235 g/mol. The first-order chi connectivity index (χ1) is 8.20. The fraction of sp³-hybridized carbons (Fsp3) is 0.786. The molecule has 2 rings (SSSR count). The van der Waals surface area contributed by atoms with Crippen LogP contribution in [0.3, 0.4) is 0 Å². The number of nitrogens with one attached hydrogen (secondary N) is 1. The third-order valence-corrected chi connectivity index (χ3v) is 4.28. The Labute approximate surface area is 105 Å². The van der Waals surface area contributed by atoms with Gasteiger partial charge in [0.2, 0.25) is 0 Å². The molecule has 1 saturated carbocycles. The molecule has 3 heteroatoms. The van der Waals surface area contributed by atoms with Gasteiger partial charge in [-0.25, -0.2) is 4.98 Å². The minimum atomic E-state index is 0.664. The molecule has 1 heterocycles. The number of hydrogen-bond acceptors (Lipinski definition) is 2. The zero-order chi connectivity index (χ0) is 12.3. The monoisotopic (exact) mass is 235 g/mol. The summed E-state index contributed by atoms with van der Waals surface area (Å²) in [6.45, 7) is 2.38. The van der Waals surface area contributed by atoms with Gasteiger partial charge in [-0.1, -0.05) is 13.3 Å². The lowest BCUT2D eigenvalue weighted by Gasteiger charge is -2.23. The van der Waals surface area contributed by atoms with Crippen molar-refractivity contribution in [3.63, 3.8) is 0 Å². The van der Waals surface area contributed by atoms with Gasteiger partial charge in [0.1, 0.15) is 5.82 Å². The molecule has 0 saturated heterocycles. The maximum Gasteiger partial charge on any atom is 0.108 e. The second-order valence-corrected chi connectivity index (χ2v) is 5.57. The second kappa shape index (κ2) is 5.67. The van der Waals surface area contributed by atoms with E-state index in [9.17, 15) is 0 Å². The van der Waals surface area contributed by atoms with Gasteiger partial charge in [0.15, 0.2) is 0 Å². The molecule has 96 valence electrons. The van der Waals surface area contributed by atoms with Gasteiger partial charge >= 0.3 is 0 Å². The van der Waals surface area contributed by atoms with Crippen molar-refractivity contribution in [2.24, 2.45) is 18.9 Å². The van der Waals surface area contributed by atoms with Crippen molar-refractivity contribution in [1.82, 2.24) is 14.9 Å². The van der Waals surface area contributed by atoms with Crippen LogP contribution in [0.2, 0.25) is 0 Å². The van der Waals surface area contributed by atoms with E-state index < -0.39 is 0 Å². The van der Waals surface area contributed by atoms with Crippen LogP contribution >= 0.6 is 0 Å². The topological polar surface area (TPSA) is 29.9 Å². The summed E-state index contributed by atoms with van der Waals surface area (Å²) in [5.74, 6) is 3.00.